The number of hydrogen-bond acceptors (Lipinski definition) is 6. The van der Waals surface area contributed by atoms with Crippen LogP contribution in [0, 0.1) is 0 Å². The first kappa shape index (κ1) is 17.1. The van der Waals surface area contributed by atoms with Gasteiger partial charge in [0, 0.05) is 18.7 Å². The molecule has 5 rings (SSSR count). The summed E-state index contributed by atoms with van der Waals surface area (Å²) in [6.45, 7) is 0.577. The van der Waals surface area contributed by atoms with E-state index in [-0.39, 0.29) is 5.56 Å². The van der Waals surface area contributed by atoms with Crippen LogP contribution in [-0.4, -0.2) is 29.9 Å². The molecule has 29 heavy (non-hydrogen) atoms. The zero-order valence-electron chi connectivity index (χ0n) is 15.6. The van der Waals surface area contributed by atoms with Crippen molar-refractivity contribution in [3.05, 3.63) is 82.9 Å². The lowest BCUT2D eigenvalue weighted by atomic mass is 10.1. The summed E-state index contributed by atoms with van der Waals surface area (Å²) in [6, 6.07) is 19.3. The van der Waals surface area contributed by atoms with Crippen LogP contribution in [0.4, 0.5) is 0 Å². The van der Waals surface area contributed by atoms with Gasteiger partial charge in [-0.15, -0.1) is 5.10 Å². The minimum absolute atomic E-state index is 0.143. The Kier molecular flexibility index (Phi) is 4.02. The predicted molar refractivity (Wildman–Crippen MR) is 107 cm³/mol. The average molecular weight is 384 g/mol. The smallest absolute Gasteiger partial charge is 0.264 e. The minimum atomic E-state index is -0.143. The Morgan fingerprint density at radius 1 is 1.00 bits per heavy atom. The van der Waals surface area contributed by atoms with Gasteiger partial charge in [0.05, 0.1) is 12.2 Å². The maximum Gasteiger partial charge on any atom is 0.264 e. The van der Waals surface area contributed by atoms with Gasteiger partial charge in [0.2, 0.25) is 0 Å². The van der Waals surface area contributed by atoms with Crippen LogP contribution in [0.3, 0.4) is 0 Å². The molecular formula is C21H16N6O2. The van der Waals surface area contributed by atoms with Gasteiger partial charge in [0.25, 0.3) is 5.56 Å². The van der Waals surface area contributed by atoms with Gasteiger partial charge in [-0.2, -0.15) is 0 Å². The molecule has 3 aromatic heterocycles. The van der Waals surface area contributed by atoms with E-state index in [1.807, 2.05) is 60.7 Å². The minimum Gasteiger partial charge on any atom is -0.355 e. The molecule has 0 aliphatic heterocycles. The Hall–Kier alpha value is -4.07. The van der Waals surface area contributed by atoms with E-state index in [2.05, 4.69) is 20.7 Å². The SMILES string of the molecule is Cn1c(-c2ccc(Cn3cnnn3)cc2)cc2onc(-c3ccccc3)c2c1=O. The summed E-state index contributed by atoms with van der Waals surface area (Å²) in [6.07, 6.45) is 1.57. The van der Waals surface area contributed by atoms with Gasteiger partial charge in [-0.25, -0.2) is 4.68 Å². The second-order valence-corrected chi connectivity index (χ2v) is 6.73. The van der Waals surface area contributed by atoms with Crippen molar-refractivity contribution < 1.29 is 4.52 Å². The van der Waals surface area contributed by atoms with Crippen molar-refractivity contribution in [2.24, 2.45) is 7.05 Å². The van der Waals surface area contributed by atoms with E-state index >= 15 is 0 Å². The third kappa shape index (κ3) is 3.00. The van der Waals surface area contributed by atoms with Crippen LogP contribution in [0.2, 0.25) is 0 Å². The first-order valence-electron chi connectivity index (χ1n) is 9.05. The number of rotatable bonds is 4. The van der Waals surface area contributed by atoms with Gasteiger partial charge >= 0.3 is 0 Å². The summed E-state index contributed by atoms with van der Waals surface area (Å²) in [5.41, 5.74) is 4.46. The summed E-state index contributed by atoms with van der Waals surface area (Å²) in [5.74, 6) is 0. The highest BCUT2D eigenvalue weighted by atomic mass is 16.5. The summed E-state index contributed by atoms with van der Waals surface area (Å²) in [4.78, 5) is 13.1. The lowest BCUT2D eigenvalue weighted by molar-refractivity contribution is 0.459. The molecule has 0 aliphatic rings. The zero-order chi connectivity index (χ0) is 19.8. The van der Waals surface area contributed by atoms with E-state index in [1.165, 1.54) is 0 Å². The van der Waals surface area contributed by atoms with E-state index in [9.17, 15) is 4.79 Å². The van der Waals surface area contributed by atoms with Gasteiger partial charge in [0.15, 0.2) is 5.58 Å². The molecule has 0 fully saturated rings. The first-order chi connectivity index (χ1) is 14.2. The molecule has 8 nitrogen and oxygen atoms in total. The molecule has 8 heteroatoms. The van der Waals surface area contributed by atoms with Crippen molar-refractivity contribution in [1.82, 2.24) is 29.9 Å². The number of aromatic nitrogens is 6. The van der Waals surface area contributed by atoms with Crippen LogP contribution in [0.25, 0.3) is 33.5 Å². The van der Waals surface area contributed by atoms with Crippen molar-refractivity contribution in [2.45, 2.75) is 6.54 Å². The number of hydrogen-bond donors (Lipinski definition) is 0. The lowest BCUT2D eigenvalue weighted by Crippen LogP contribution is -2.18. The van der Waals surface area contributed by atoms with Crippen molar-refractivity contribution in [1.29, 1.82) is 0 Å². The highest BCUT2D eigenvalue weighted by Gasteiger charge is 2.18. The standard InChI is InChI=1S/C21H16N6O2/c1-26-17(15-9-7-14(8-10-15)12-27-13-22-24-25-27)11-18-19(21(26)28)20(23-29-18)16-5-3-2-4-6-16/h2-11,13H,12H2,1H3. The monoisotopic (exact) mass is 384 g/mol. The van der Waals surface area contributed by atoms with Crippen LogP contribution in [0.1, 0.15) is 5.56 Å². The first-order valence-corrected chi connectivity index (χ1v) is 9.05. The Balaban J connectivity index is 1.56. The lowest BCUT2D eigenvalue weighted by Gasteiger charge is -2.09. The topological polar surface area (TPSA) is 91.6 Å². The van der Waals surface area contributed by atoms with Crippen LogP contribution in [-0.2, 0) is 13.6 Å². The molecule has 0 saturated carbocycles. The predicted octanol–water partition coefficient (Wildman–Crippen LogP) is 2.90. The molecule has 0 spiro atoms. The van der Waals surface area contributed by atoms with E-state index in [1.54, 1.807) is 22.6 Å². The molecule has 0 amide bonds. The Morgan fingerprint density at radius 3 is 2.52 bits per heavy atom. The van der Waals surface area contributed by atoms with Crippen molar-refractivity contribution in [2.75, 3.05) is 0 Å². The number of benzene rings is 2. The third-order valence-electron chi connectivity index (χ3n) is 4.90. The average Bonchev–Trinajstić information content (AvgIpc) is 3.42. The van der Waals surface area contributed by atoms with Crippen molar-refractivity contribution in [3.8, 4) is 22.5 Å². The maximum absolute atomic E-state index is 13.1. The molecular weight excluding hydrogens is 368 g/mol. The molecule has 2 aromatic carbocycles. The second kappa shape index (κ2) is 6.83. The van der Waals surface area contributed by atoms with Crippen LogP contribution >= 0.6 is 0 Å². The number of pyridine rings is 1. The fourth-order valence-corrected chi connectivity index (χ4v) is 3.40. The van der Waals surface area contributed by atoms with E-state index in [0.29, 0.717) is 23.2 Å². The quantitative estimate of drug-likeness (QED) is 0.473. The van der Waals surface area contributed by atoms with Gasteiger partial charge in [0.1, 0.15) is 17.4 Å². The van der Waals surface area contributed by atoms with Crippen LogP contribution in [0.5, 0.6) is 0 Å². The fraction of sp³-hybridized carbons (Fsp3) is 0.0952. The number of fused-ring (bicyclic) bond motifs is 1. The molecule has 0 radical (unpaired) electrons. The highest BCUT2D eigenvalue weighted by molar-refractivity contribution is 5.92. The van der Waals surface area contributed by atoms with Crippen LogP contribution in [0.15, 0.2) is 76.3 Å². The molecule has 0 unspecified atom stereocenters. The van der Waals surface area contributed by atoms with Gasteiger partial charge < -0.3 is 9.09 Å². The molecule has 0 bridgehead atoms. The third-order valence-corrected chi connectivity index (χ3v) is 4.90. The van der Waals surface area contributed by atoms with Crippen molar-refractivity contribution in [3.63, 3.8) is 0 Å². The highest BCUT2D eigenvalue weighted by Crippen LogP contribution is 2.28. The Labute approximate surface area is 165 Å². The number of nitrogens with zero attached hydrogens (tertiary/aromatic N) is 6. The van der Waals surface area contributed by atoms with E-state index < -0.39 is 0 Å². The van der Waals surface area contributed by atoms with Gasteiger partial charge in [-0.3, -0.25) is 4.79 Å². The maximum atomic E-state index is 13.1. The summed E-state index contributed by atoms with van der Waals surface area (Å²) >= 11 is 0. The summed E-state index contributed by atoms with van der Waals surface area (Å²) < 4.78 is 8.78. The molecule has 3 heterocycles. The number of tetrazole rings is 1. The fourth-order valence-electron chi connectivity index (χ4n) is 3.40. The van der Waals surface area contributed by atoms with Crippen LogP contribution < -0.4 is 5.56 Å². The molecule has 5 aromatic rings. The molecule has 0 N–H and O–H groups in total. The molecule has 0 saturated heterocycles. The summed E-state index contributed by atoms with van der Waals surface area (Å²) in [7, 11) is 1.76. The zero-order valence-corrected chi connectivity index (χ0v) is 15.6. The van der Waals surface area contributed by atoms with Gasteiger partial charge in [-0.05, 0) is 21.6 Å². The van der Waals surface area contributed by atoms with Gasteiger partial charge in [-0.1, -0.05) is 59.8 Å². The Morgan fingerprint density at radius 2 is 1.79 bits per heavy atom. The van der Waals surface area contributed by atoms with E-state index in [4.69, 9.17) is 4.52 Å². The molecule has 0 atom stereocenters. The second-order valence-electron chi connectivity index (χ2n) is 6.73. The Bertz CT molecular complexity index is 1340. The molecule has 142 valence electrons. The normalized spacial score (nSPS) is 11.2. The summed E-state index contributed by atoms with van der Waals surface area (Å²) in [5, 5.41) is 15.8. The van der Waals surface area contributed by atoms with Crippen molar-refractivity contribution >= 4 is 11.0 Å². The van der Waals surface area contributed by atoms with E-state index in [0.717, 1.165) is 22.4 Å². The molecule has 0 aliphatic carbocycles. The largest absolute Gasteiger partial charge is 0.355 e.